The van der Waals surface area contributed by atoms with Crippen molar-refractivity contribution in [2.75, 3.05) is 13.7 Å². The second-order valence-corrected chi connectivity index (χ2v) is 5.92. The van der Waals surface area contributed by atoms with E-state index in [1.54, 1.807) is 6.07 Å². The highest BCUT2D eigenvalue weighted by atomic mass is 16.6. The van der Waals surface area contributed by atoms with Crippen LogP contribution in [0.25, 0.3) is 0 Å². The third-order valence-electron chi connectivity index (χ3n) is 4.50. The molecule has 0 spiro atoms. The zero-order valence-corrected chi connectivity index (χ0v) is 15.0. The smallest absolute Gasteiger partial charge is 0.314 e. The molecule has 25 heavy (non-hydrogen) atoms. The number of ether oxygens (including phenoxy) is 2. The number of benzene rings is 2. The third-order valence-corrected chi connectivity index (χ3v) is 4.50. The molecule has 0 aliphatic rings. The van der Waals surface area contributed by atoms with Gasteiger partial charge in [-0.2, -0.15) is 0 Å². The van der Waals surface area contributed by atoms with E-state index in [-0.39, 0.29) is 23.8 Å². The zero-order chi connectivity index (χ0) is 18.7. The van der Waals surface area contributed by atoms with Crippen molar-refractivity contribution in [2.24, 2.45) is 0 Å². The molecular weight excluding hydrogens is 322 g/mol. The normalized spacial score (nSPS) is 10.4. The van der Waals surface area contributed by atoms with Crippen LogP contribution in [-0.4, -0.2) is 24.4 Å². The van der Waals surface area contributed by atoms with Gasteiger partial charge in [0.15, 0.2) is 18.1 Å². The number of hydrogen-bond donors (Lipinski definition) is 0. The molecule has 6 heteroatoms. The molecule has 0 radical (unpaired) electrons. The van der Waals surface area contributed by atoms with Crippen LogP contribution >= 0.6 is 0 Å². The largest absolute Gasteiger partial charge is 0.496 e. The summed E-state index contributed by atoms with van der Waals surface area (Å²) in [6.07, 6.45) is 0. The van der Waals surface area contributed by atoms with Gasteiger partial charge in [-0.25, -0.2) is 0 Å². The van der Waals surface area contributed by atoms with Crippen LogP contribution in [0.1, 0.15) is 32.6 Å². The number of nitro benzene ring substituents is 1. The van der Waals surface area contributed by atoms with Gasteiger partial charge in [-0.1, -0.05) is 0 Å². The summed E-state index contributed by atoms with van der Waals surface area (Å²) in [7, 11) is 1.42. The SMILES string of the molecule is COc1ccc(OCC(=O)c2cc(C)c(C)c(C)c2C)c([N+](=O)[O-])c1. The lowest BCUT2D eigenvalue weighted by molar-refractivity contribution is -0.385. The van der Waals surface area contributed by atoms with Gasteiger partial charge in [0.1, 0.15) is 5.75 Å². The van der Waals surface area contributed by atoms with Gasteiger partial charge >= 0.3 is 5.69 Å². The van der Waals surface area contributed by atoms with E-state index < -0.39 is 4.92 Å². The highest BCUT2D eigenvalue weighted by Gasteiger charge is 2.19. The average Bonchev–Trinajstić information content (AvgIpc) is 2.60. The minimum Gasteiger partial charge on any atom is -0.496 e. The van der Waals surface area contributed by atoms with E-state index in [9.17, 15) is 14.9 Å². The Morgan fingerprint density at radius 3 is 2.36 bits per heavy atom. The summed E-state index contributed by atoms with van der Waals surface area (Å²) in [4.78, 5) is 23.1. The molecule has 0 aliphatic carbocycles. The number of ketones is 1. The second-order valence-electron chi connectivity index (χ2n) is 5.92. The molecule has 0 aromatic heterocycles. The molecule has 6 nitrogen and oxygen atoms in total. The molecule has 0 N–H and O–H groups in total. The Balaban J connectivity index is 2.25. The van der Waals surface area contributed by atoms with Crippen molar-refractivity contribution in [3.63, 3.8) is 0 Å². The molecule has 0 aliphatic heterocycles. The molecular formula is C19H21NO5. The summed E-state index contributed by atoms with van der Waals surface area (Å²) in [5.74, 6) is 0.178. The van der Waals surface area contributed by atoms with Gasteiger partial charge < -0.3 is 9.47 Å². The summed E-state index contributed by atoms with van der Waals surface area (Å²) >= 11 is 0. The van der Waals surface area contributed by atoms with Gasteiger partial charge in [-0.3, -0.25) is 14.9 Å². The van der Waals surface area contributed by atoms with Crippen molar-refractivity contribution in [1.29, 1.82) is 0 Å². The van der Waals surface area contributed by atoms with Crippen LogP contribution < -0.4 is 9.47 Å². The first kappa shape index (κ1) is 18.4. The summed E-state index contributed by atoms with van der Waals surface area (Å²) in [5, 5.41) is 11.2. The first-order chi connectivity index (χ1) is 11.8. The van der Waals surface area contributed by atoms with Crippen molar-refractivity contribution in [3.05, 3.63) is 62.2 Å². The predicted octanol–water partition coefficient (Wildman–Crippen LogP) is 4.10. The summed E-state index contributed by atoms with van der Waals surface area (Å²) < 4.78 is 10.4. The first-order valence-corrected chi connectivity index (χ1v) is 7.82. The van der Waals surface area contributed by atoms with Crippen LogP contribution in [0.15, 0.2) is 24.3 Å². The number of nitrogens with zero attached hydrogens (tertiary/aromatic N) is 1. The fourth-order valence-electron chi connectivity index (χ4n) is 2.61. The van der Waals surface area contributed by atoms with Crippen LogP contribution in [0.2, 0.25) is 0 Å². The molecule has 0 saturated heterocycles. The van der Waals surface area contributed by atoms with Gasteiger partial charge in [0.2, 0.25) is 0 Å². The van der Waals surface area contributed by atoms with Crippen molar-refractivity contribution in [2.45, 2.75) is 27.7 Å². The molecule has 0 fully saturated rings. The molecule has 2 aromatic rings. The van der Waals surface area contributed by atoms with Crippen LogP contribution in [0, 0.1) is 37.8 Å². The lowest BCUT2D eigenvalue weighted by Gasteiger charge is -2.14. The lowest BCUT2D eigenvalue weighted by Crippen LogP contribution is -2.15. The second kappa shape index (κ2) is 7.34. The topological polar surface area (TPSA) is 78.7 Å². The average molecular weight is 343 g/mol. The Hall–Kier alpha value is -2.89. The standard InChI is InChI=1S/C19H21NO5/c1-11-8-16(14(4)13(3)12(11)2)18(21)10-25-19-7-6-15(24-5)9-17(19)20(22)23/h6-9H,10H2,1-5H3. The highest BCUT2D eigenvalue weighted by molar-refractivity contribution is 5.99. The first-order valence-electron chi connectivity index (χ1n) is 7.82. The van der Waals surface area contributed by atoms with Crippen molar-refractivity contribution >= 4 is 11.5 Å². The van der Waals surface area contributed by atoms with E-state index in [0.29, 0.717) is 11.3 Å². The number of carbonyl (C=O) groups excluding carboxylic acids is 1. The molecule has 0 bridgehead atoms. The number of Topliss-reactive ketones (excluding diaryl/α,β-unsaturated/α-hetero) is 1. The quantitative estimate of drug-likeness (QED) is 0.448. The molecule has 0 heterocycles. The van der Waals surface area contributed by atoms with Crippen LogP contribution in [0.3, 0.4) is 0 Å². The highest BCUT2D eigenvalue weighted by Crippen LogP contribution is 2.31. The van der Waals surface area contributed by atoms with E-state index in [0.717, 1.165) is 22.3 Å². The minimum atomic E-state index is -0.562. The van der Waals surface area contributed by atoms with Gasteiger partial charge in [0, 0.05) is 5.56 Å². The van der Waals surface area contributed by atoms with Crippen LogP contribution in [0.4, 0.5) is 5.69 Å². The Kier molecular flexibility index (Phi) is 5.41. The molecule has 2 aromatic carbocycles. The summed E-state index contributed by atoms with van der Waals surface area (Å²) in [6, 6.07) is 6.10. The van der Waals surface area contributed by atoms with E-state index in [2.05, 4.69) is 0 Å². The van der Waals surface area contributed by atoms with E-state index >= 15 is 0 Å². The van der Waals surface area contributed by atoms with Gasteiger partial charge in [-0.15, -0.1) is 0 Å². The molecule has 0 atom stereocenters. The van der Waals surface area contributed by atoms with Crippen molar-refractivity contribution < 1.29 is 19.2 Å². The zero-order valence-electron chi connectivity index (χ0n) is 15.0. The van der Waals surface area contributed by atoms with Gasteiger partial charge in [-0.05, 0) is 68.1 Å². The molecule has 0 saturated carbocycles. The monoisotopic (exact) mass is 343 g/mol. The molecule has 0 unspecified atom stereocenters. The third kappa shape index (κ3) is 3.79. The van der Waals surface area contributed by atoms with Gasteiger partial charge in [0.05, 0.1) is 18.1 Å². The lowest BCUT2D eigenvalue weighted by atomic mass is 9.93. The molecule has 132 valence electrons. The Bertz CT molecular complexity index is 842. The van der Waals surface area contributed by atoms with E-state index in [1.165, 1.54) is 19.2 Å². The predicted molar refractivity (Wildman–Crippen MR) is 94.9 cm³/mol. The van der Waals surface area contributed by atoms with Crippen LogP contribution in [0.5, 0.6) is 11.5 Å². The summed E-state index contributed by atoms with van der Waals surface area (Å²) in [5.41, 5.74) is 4.50. The number of rotatable bonds is 6. The van der Waals surface area contributed by atoms with E-state index in [1.807, 2.05) is 33.8 Å². The minimum absolute atomic E-state index is 0.0392. The number of methoxy groups -OCH3 is 1. The summed E-state index contributed by atoms with van der Waals surface area (Å²) in [6.45, 7) is 7.57. The maximum atomic E-state index is 12.5. The molecule has 0 amide bonds. The Morgan fingerprint density at radius 2 is 1.76 bits per heavy atom. The number of aryl methyl sites for hydroxylation is 1. The maximum Gasteiger partial charge on any atom is 0.314 e. The van der Waals surface area contributed by atoms with E-state index in [4.69, 9.17) is 9.47 Å². The number of hydrogen-bond acceptors (Lipinski definition) is 5. The maximum absolute atomic E-state index is 12.5. The van der Waals surface area contributed by atoms with Crippen LogP contribution in [-0.2, 0) is 0 Å². The Labute approximate surface area is 146 Å². The fraction of sp³-hybridized carbons (Fsp3) is 0.316. The number of nitro groups is 1. The Morgan fingerprint density at radius 1 is 1.08 bits per heavy atom. The molecule has 2 rings (SSSR count). The number of carbonyl (C=O) groups is 1. The van der Waals surface area contributed by atoms with Crippen molar-refractivity contribution in [3.8, 4) is 11.5 Å². The van der Waals surface area contributed by atoms with Gasteiger partial charge in [0.25, 0.3) is 0 Å². The fourth-order valence-corrected chi connectivity index (χ4v) is 2.61. The van der Waals surface area contributed by atoms with Crippen molar-refractivity contribution in [1.82, 2.24) is 0 Å².